The highest BCUT2D eigenvalue weighted by atomic mass is 35.5. The molecule has 2 aromatic carbocycles. The summed E-state index contributed by atoms with van der Waals surface area (Å²) in [5.41, 5.74) is 0.440. The van der Waals surface area contributed by atoms with Crippen molar-refractivity contribution < 1.29 is 32.3 Å². The van der Waals surface area contributed by atoms with E-state index in [-0.39, 0.29) is 22.4 Å². The fraction of sp³-hybridized carbons (Fsp3) is 0.286. The van der Waals surface area contributed by atoms with Gasteiger partial charge in [-0.1, -0.05) is 29.3 Å². The van der Waals surface area contributed by atoms with Crippen LogP contribution in [0.4, 0.5) is 24.5 Å². The summed E-state index contributed by atoms with van der Waals surface area (Å²) < 4.78 is 43.2. The molecule has 0 spiro atoms. The van der Waals surface area contributed by atoms with Crippen LogP contribution >= 0.6 is 23.4 Å². The second-order valence-corrected chi connectivity index (χ2v) is 8.45. The summed E-state index contributed by atoms with van der Waals surface area (Å²) in [7, 11) is 0. The van der Waals surface area contributed by atoms with Crippen molar-refractivity contribution in [1.29, 1.82) is 0 Å². The van der Waals surface area contributed by atoms with Gasteiger partial charge in [-0.05, 0) is 44.2 Å². The predicted octanol–water partition coefficient (Wildman–Crippen LogP) is 4.91. The molecule has 1 atom stereocenters. The minimum Gasteiger partial charge on any atom is -0.455 e. The molecule has 0 unspecified atom stereocenters. The quantitative estimate of drug-likeness (QED) is 0.516. The van der Waals surface area contributed by atoms with Crippen LogP contribution in [0.25, 0.3) is 0 Å². The summed E-state index contributed by atoms with van der Waals surface area (Å²) in [6.45, 7) is 2.71. The van der Waals surface area contributed by atoms with E-state index in [1.54, 1.807) is 12.1 Å². The number of benzene rings is 2. The van der Waals surface area contributed by atoms with Crippen LogP contribution in [0.3, 0.4) is 0 Å². The van der Waals surface area contributed by atoms with Gasteiger partial charge in [-0.3, -0.25) is 14.4 Å². The van der Waals surface area contributed by atoms with Crippen LogP contribution in [-0.2, 0) is 25.3 Å². The molecule has 32 heavy (non-hydrogen) atoms. The zero-order valence-corrected chi connectivity index (χ0v) is 18.7. The maximum absolute atomic E-state index is 12.8. The third-order valence-corrected chi connectivity index (χ3v) is 5.50. The monoisotopic (exact) mass is 488 g/mol. The number of hydrogen-bond acceptors (Lipinski definition) is 5. The number of carbonyl (C=O) groups excluding carboxylic acids is 3. The molecule has 2 aromatic rings. The van der Waals surface area contributed by atoms with Crippen LogP contribution < -0.4 is 10.6 Å². The van der Waals surface area contributed by atoms with E-state index in [9.17, 15) is 27.6 Å². The molecular formula is C21H20ClF3N2O4S. The zero-order chi connectivity index (χ0) is 23.9. The smallest absolute Gasteiger partial charge is 0.416 e. The van der Waals surface area contributed by atoms with E-state index in [0.717, 1.165) is 29.5 Å². The third-order valence-electron chi connectivity index (χ3n) is 4.04. The van der Waals surface area contributed by atoms with Crippen molar-refractivity contribution in [3.63, 3.8) is 0 Å². The second kappa shape index (κ2) is 11.2. The van der Waals surface area contributed by atoms with Crippen molar-refractivity contribution in [2.24, 2.45) is 0 Å². The summed E-state index contributed by atoms with van der Waals surface area (Å²) in [4.78, 5) is 36.0. The van der Waals surface area contributed by atoms with Crippen molar-refractivity contribution in [1.82, 2.24) is 0 Å². The van der Waals surface area contributed by atoms with Crippen molar-refractivity contribution in [2.75, 3.05) is 23.0 Å². The van der Waals surface area contributed by atoms with Gasteiger partial charge in [0.2, 0.25) is 5.91 Å². The molecule has 0 aliphatic rings. The number of esters is 1. The van der Waals surface area contributed by atoms with Gasteiger partial charge in [0.25, 0.3) is 5.91 Å². The maximum atomic E-state index is 12.8. The van der Waals surface area contributed by atoms with Crippen LogP contribution in [0.15, 0.2) is 42.5 Å². The lowest BCUT2D eigenvalue weighted by molar-refractivity contribution is -0.146. The highest BCUT2D eigenvalue weighted by molar-refractivity contribution is 8.01. The Morgan fingerprint density at radius 2 is 1.72 bits per heavy atom. The molecule has 0 saturated carbocycles. The van der Waals surface area contributed by atoms with E-state index in [0.29, 0.717) is 11.8 Å². The van der Waals surface area contributed by atoms with E-state index in [4.69, 9.17) is 16.3 Å². The molecule has 2 rings (SSSR count). The number of thioether (sulfide) groups is 1. The fourth-order valence-electron chi connectivity index (χ4n) is 2.34. The van der Waals surface area contributed by atoms with Gasteiger partial charge in [-0.2, -0.15) is 13.2 Å². The minimum absolute atomic E-state index is 0.0177. The molecule has 2 N–H and O–H groups in total. The van der Waals surface area contributed by atoms with Gasteiger partial charge in [0.05, 0.1) is 22.0 Å². The number of carbonyl (C=O) groups is 3. The number of aryl methyl sites for hydroxylation is 1. The van der Waals surface area contributed by atoms with Crippen LogP contribution in [0.1, 0.15) is 18.1 Å². The number of hydrogen-bond donors (Lipinski definition) is 2. The first-order valence-corrected chi connectivity index (χ1v) is 10.7. The highest BCUT2D eigenvalue weighted by Crippen LogP contribution is 2.33. The number of amides is 2. The van der Waals surface area contributed by atoms with Gasteiger partial charge in [-0.25, -0.2) is 0 Å². The molecule has 0 aromatic heterocycles. The molecule has 0 aliphatic carbocycles. The topological polar surface area (TPSA) is 84.5 Å². The Labute approximate surface area is 191 Å². The summed E-state index contributed by atoms with van der Waals surface area (Å²) in [5, 5.41) is 4.03. The van der Waals surface area contributed by atoms with Gasteiger partial charge in [0.1, 0.15) is 5.25 Å². The van der Waals surface area contributed by atoms with Crippen molar-refractivity contribution in [2.45, 2.75) is 25.3 Å². The van der Waals surface area contributed by atoms with Crippen LogP contribution in [0.2, 0.25) is 5.02 Å². The van der Waals surface area contributed by atoms with E-state index in [1.807, 2.05) is 19.1 Å². The van der Waals surface area contributed by atoms with Crippen molar-refractivity contribution >= 4 is 52.5 Å². The first kappa shape index (κ1) is 25.5. The average molecular weight is 489 g/mol. The normalized spacial score (nSPS) is 12.1. The standard InChI is InChI=1S/C21H20ClF3N2O4S/c1-12-3-6-15(7-4-12)26-19(29)11-32-13(2)20(30)31-10-18(28)27-17-9-14(21(23,24)25)5-8-16(17)22/h3-9,13H,10-11H2,1-2H3,(H,26,29)(H,27,28)/t13-/m0/s1. The van der Waals surface area contributed by atoms with Gasteiger partial charge in [-0.15, -0.1) is 11.8 Å². The largest absolute Gasteiger partial charge is 0.455 e. The minimum atomic E-state index is -4.60. The van der Waals surface area contributed by atoms with E-state index in [2.05, 4.69) is 10.6 Å². The molecule has 0 aliphatic heterocycles. The molecule has 172 valence electrons. The number of halogens is 4. The summed E-state index contributed by atoms with van der Waals surface area (Å²) >= 11 is 6.82. The van der Waals surface area contributed by atoms with Gasteiger partial charge >= 0.3 is 12.1 Å². The molecule has 11 heteroatoms. The Kier molecular flexibility index (Phi) is 8.97. The second-order valence-electron chi connectivity index (χ2n) is 6.72. The highest BCUT2D eigenvalue weighted by Gasteiger charge is 2.31. The van der Waals surface area contributed by atoms with Gasteiger partial charge in [0.15, 0.2) is 6.61 Å². The molecule has 6 nitrogen and oxygen atoms in total. The Hall–Kier alpha value is -2.72. The summed E-state index contributed by atoms with van der Waals surface area (Å²) in [5.74, 6) is -1.93. The number of alkyl halides is 3. The molecule has 0 fully saturated rings. The van der Waals surface area contributed by atoms with E-state index in [1.165, 1.54) is 6.92 Å². The third kappa shape index (κ3) is 8.08. The van der Waals surface area contributed by atoms with E-state index < -0.39 is 35.5 Å². The van der Waals surface area contributed by atoms with Gasteiger partial charge < -0.3 is 15.4 Å². The Morgan fingerprint density at radius 1 is 1.06 bits per heavy atom. The van der Waals surface area contributed by atoms with Crippen molar-refractivity contribution in [3.8, 4) is 0 Å². The molecule has 0 radical (unpaired) electrons. The number of ether oxygens (including phenoxy) is 1. The molecule has 0 heterocycles. The summed E-state index contributed by atoms with van der Waals surface area (Å²) in [6, 6.07) is 9.68. The lowest BCUT2D eigenvalue weighted by atomic mass is 10.2. The number of nitrogens with one attached hydrogen (secondary N) is 2. The predicted molar refractivity (Wildman–Crippen MR) is 118 cm³/mol. The fourth-order valence-corrected chi connectivity index (χ4v) is 3.18. The first-order chi connectivity index (χ1) is 15.0. The van der Waals surface area contributed by atoms with Crippen LogP contribution in [0, 0.1) is 6.92 Å². The summed E-state index contributed by atoms with van der Waals surface area (Å²) in [6.07, 6.45) is -4.60. The van der Waals surface area contributed by atoms with E-state index >= 15 is 0 Å². The lowest BCUT2D eigenvalue weighted by Crippen LogP contribution is -2.26. The number of rotatable bonds is 8. The molecule has 2 amide bonds. The SMILES string of the molecule is Cc1ccc(NC(=O)CS[C@@H](C)C(=O)OCC(=O)Nc2cc(C(F)(F)F)ccc2Cl)cc1. The lowest BCUT2D eigenvalue weighted by Gasteiger charge is -2.13. The first-order valence-electron chi connectivity index (χ1n) is 9.27. The maximum Gasteiger partial charge on any atom is 0.416 e. The van der Waals surface area contributed by atoms with Crippen LogP contribution in [-0.4, -0.2) is 35.4 Å². The van der Waals surface area contributed by atoms with Crippen molar-refractivity contribution in [3.05, 3.63) is 58.6 Å². The zero-order valence-electron chi connectivity index (χ0n) is 17.1. The van der Waals surface area contributed by atoms with Crippen LogP contribution in [0.5, 0.6) is 0 Å². The number of anilines is 2. The average Bonchev–Trinajstić information content (AvgIpc) is 2.72. The molecule has 0 bridgehead atoms. The molecule has 0 saturated heterocycles. The molecular weight excluding hydrogens is 469 g/mol. The Bertz CT molecular complexity index is 984. The van der Waals surface area contributed by atoms with Gasteiger partial charge in [0, 0.05) is 5.69 Å². The Morgan fingerprint density at radius 3 is 2.34 bits per heavy atom. The Balaban J connectivity index is 1.78.